The van der Waals surface area contributed by atoms with Gasteiger partial charge in [0.2, 0.25) is 0 Å². The average Bonchev–Trinajstić information content (AvgIpc) is 2.61. The molecule has 0 bridgehead atoms. The molecular formula is C22H28N3O+. The van der Waals surface area contributed by atoms with E-state index in [1.807, 2.05) is 20.0 Å². The Labute approximate surface area is 156 Å². The van der Waals surface area contributed by atoms with Crippen molar-refractivity contribution in [2.24, 2.45) is 0 Å². The van der Waals surface area contributed by atoms with Gasteiger partial charge < -0.3 is 10.2 Å². The Balaban J connectivity index is 2.01. The molecule has 2 N–H and O–H groups in total. The Kier molecular flexibility index (Phi) is 6.18. The zero-order valence-corrected chi connectivity index (χ0v) is 16.3. The first-order chi connectivity index (χ1) is 12.2. The molecule has 1 unspecified atom stereocenters. The third-order valence-electron chi connectivity index (χ3n) is 4.74. The molecule has 0 aliphatic carbocycles. The van der Waals surface area contributed by atoms with Crippen molar-refractivity contribution in [2.45, 2.75) is 45.7 Å². The molecule has 0 spiro atoms. The van der Waals surface area contributed by atoms with E-state index in [2.05, 4.69) is 56.4 Å². The summed E-state index contributed by atoms with van der Waals surface area (Å²) in [7, 11) is 2.01. The van der Waals surface area contributed by atoms with Gasteiger partial charge in [-0.15, -0.1) is 0 Å². The van der Waals surface area contributed by atoms with Crippen LogP contribution in [0, 0.1) is 11.3 Å². The van der Waals surface area contributed by atoms with Crippen LogP contribution < -0.4 is 10.2 Å². The van der Waals surface area contributed by atoms with E-state index in [1.54, 1.807) is 18.2 Å². The number of nitrogens with one attached hydrogen (secondary N) is 2. The summed E-state index contributed by atoms with van der Waals surface area (Å²) < 4.78 is 0. The minimum Gasteiger partial charge on any atom is -0.324 e. The normalized spacial score (nSPS) is 13.5. The van der Waals surface area contributed by atoms with Gasteiger partial charge in [-0.1, -0.05) is 57.2 Å². The maximum absolute atomic E-state index is 12.6. The molecule has 0 aliphatic rings. The van der Waals surface area contributed by atoms with Crippen molar-refractivity contribution in [3.63, 3.8) is 0 Å². The summed E-state index contributed by atoms with van der Waals surface area (Å²) in [6.45, 7) is 9.27. The van der Waals surface area contributed by atoms with Crippen LogP contribution in [-0.4, -0.2) is 19.0 Å². The number of nitrogens with zero attached hydrogens (tertiary/aromatic N) is 1. The number of anilines is 1. The van der Waals surface area contributed by atoms with Crippen molar-refractivity contribution in [1.29, 1.82) is 5.26 Å². The van der Waals surface area contributed by atoms with Gasteiger partial charge in [0.15, 0.2) is 6.04 Å². The molecule has 0 radical (unpaired) electrons. The maximum Gasteiger partial charge on any atom is 0.282 e. The fourth-order valence-electron chi connectivity index (χ4n) is 2.75. The van der Waals surface area contributed by atoms with E-state index in [1.165, 1.54) is 11.1 Å². The molecule has 136 valence electrons. The quantitative estimate of drug-likeness (QED) is 0.871. The zero-order chi connectivity index (χ0) is 19.3. The number of carbonyl (C=O) groups is 1. The Morgan fingerprint density at radius 3 is 2.35 bits per heavy atom. The molecule has 2 atom stereocenters. The number of para-hydroxylation sites is 1. The third-order valence-corrected chi connectivity index (χ3v) is 4.74. The maximum atomic E-state index is 12.6. The number of hydrogen-bond acceptors (Lipinski definition) is 2. The number of hydrogen-bond donors (Lipinski definition) is 2. The Hall–Kier alpha value is -2.64. The number of carbonyl (C=O) groups excluding carboxylic acids is 1. The number of rotatable bonds is 5. The first-order valence-electron chi connectivity index (χ1n) is 8.94. The van der Waals surface area contributed by atoms with Crippen molar-refractivity contribution in [2.75, 3.05) is 12.4 Å². The van der Waals surface area contributed by atoms with E-state index in [0.29, 0.717) is 11.3 Å². The van der Waals surface area contributed by atoms with Crippen molar-refractivity contribution >= 4 is 11.6 Å². The summed E-state index contributed by atoms with van der Waals surface area (Å²) in [5.74, 6) is -0.0866. The molecule has 0 heterocycles. The standard InChI is InChI=1S/C22H27N3O/c1-16(21(26)24-20-9-7-6-8-18(20)14-23)25(5)15-17-10-12-19(13-11-17)22(2,3)4/h6-13,16H,15H2,1-5H3,(H,24,26)/p+1/t16-/m0/s1. The molecule has 26 heavy (non-hydrogen) atoms. The highest BCUT2D eigenvalue weighted by Crippen LogP contribution is 2.22. The van der Waals surface area contributed by atoms with Crippen LogP contribution in [0.1, 0.15) is 44.4 Å². The van der Waals surface area contributed by atoms with E-state index in [-0.39, 0.29) is 17.4 Å². The van der Waals surface area contributed by atoms with Crippen LogP contribution in [0.4, 0.5) is 5.69 Å². The minimum atomic E-state index is -0.232. The summed E-state index contributed by atoms with van der Waals surface area (Å²) in [5.41, 5.74) is 3.68. The van der Waals surface area contributed by atoms with Crippen LogP contribution in [0.3, 0.4) is 0 Å². The lowest BCUT2D eigenvalue weighted by Gasteiger charge is -2.22. The van der Waals surface area contributed by atoms with Gasteiger partial charge >= 0.3 is 0 Å². The molecule has 0 fully saturated rings. The number of nitriles is 1. The average molecular weight is 350 g/mol. The van der Waals surface area contributed by atoms with Gasteiger partial charge in [0.25, 0.3) is 5.91 Å². The smallest absolute Gasteiger partial charge is 0.282 e. The molecule has 2 aromatic carbocycles. The molecule has 1 amide bonds. The van der Waals surface area contributed by atoms with E-state index in [9.17, 15) is 4.79 Å². The molecule has 4 nitrogen and oxygen atoms in total. The molecule has 4 heteroatoms. The molecular weight excluding hydrogens is 322 g/mol. The second-order valence-electron chi connectivity index (χ2n) is 7.84. The lowest BCUT2D eigenvalue weighted by molar-refractivity contribution is -0.907. The lowest BCUT2D eigenvalue weighted by Crippen LogP contribution is -3.12. The van der Waals surface area contributed by atoms with Crippen molar-refractivity contribution in [1.82, 2.24) is 0 Å². The number of likely N-dealkylation sites (N-methyl/N-ethyl adjacent to an activating group) is 1. The van der Waals surface area contributed by atoms with Crippen molar-refractivity contribution in [3.05, 3.63) is 65.2 Å². The van der Waals surface area contributed by atoms with Gasteiger partial charge in [0, 0.05) is 5.56 Å². The first kappa shape index (κ1) is 19.7. The van der Waals surface area contributed by atoms with Crippen LogP contribution >= 0.6 is 0 Å². The van der Waals surface area contributed by atoms with Crippen LogP contribution in [-0.2, 0) is 16.8 Å². The topological polar surface area (TPSA) is 57.3 Å². The van der Waals surface area contributed by atoms with Crippen LogP contribution in [0.15, 0.2) is 48.5 Å². The molecule has 2 aromatic rings. The van der Waals surface area contributed by atoms with Crippen LogP contribution in [0.25, 0.3) is 0 Å². The van der Waals surface area contributed by atoms with Crippen molar-refractivity contribution < 1.29 is 9.69 Å². The van der Waals surface area contributed by atoms with Gasteiger partial charge in [-0.25, -0.2) is 0 Å². The number of amides is 1. The van der Waals surface area contributed by atoms with Gasteiger partial charge in [-0.3, -0.25) is 4.79 Å². The lowest BCUT2D eigenvalue weighted by atomic mass is 9.87. The van der Waals surface area contributed by atoms with Crippen LogP contribution in [0.5, 0.6) is 0 Å². The fraction of sp³-hybridized carbons (Fsp3) is 0.364. The fourth-order valence-corrected chi connectivity index (χ4v) is 2.75. The van der Waals surface area contributed by atoms with Gasteiger partial charge in [-0.2, -0.15) is 5.26 Å². The van der Waals surface area contributed by atoms with Gasteiger partial charge in [-0.05, 0) is 30.0 Å². The van der Waals surface area contributed by atoms with Gasteiger partial charge in [0.1, 0.15) is 12.6 Å². The molecule has 0 aromatic heterocycles. The minimum absolute atomic E-state index is 0.0866. The highest BCUT2D eigenvalue weighted by molar-refractivity contribution is 5.94. The highest BCUT2D eigenvalue weighted by atomic mass is 16.2. The Morgan fingerprint density at radius 2 is 1.77 bits per heavy atom. The van der Waals surface area contributed by atoms with E-state index in [4.69, 9.17) is 5.26 Å². The molecule has 0 saturated carbocycles. The zero-order valence-electron chi connectivity index (χ0n) is 16.3. The Bertz CT molecular complexity index is 797. The molecule has 2 rings (SSSR count). The predicted octanol–water partition coefficient (Wildman–Crippen LogP) is 2.90. The SMILES string of the molecule is C[C@@H](C(=O)Nc1ccccc1C#N)[NH+](C)Cc1ccc(C(C)(C)C)cc1. The summed E-state index contributed by atoms with van der Waals surface area (Å²) in [6, 6.07) is 17.5. The van der Waals surface area contributed by atoms with Gasteiger partial charge in [0.05, 0.1) is 18.3 Å². The third kappa shape index (κ3) is 4.93. The second-order valence-corrected chi connectivity index (χ2v) is 7.84. The Morgan fingerprint density at radius 1 is 1.15 bits per heavy atom. The van der Waals surface area contributed by atoms with Crippen molar-refractivity contribution in [3.8, 4) is 6.07 Å². The second kappa shape index (κ2) is 8.16. The predicted molar refractivity (Wildman–Crippen MR) is 105 cm³/mol. The number of benzene rings is 2. The number of quaternary nitrogens is 1. The summed E-state index contributed by atoms with van der Waals surface area (Å²) in [6.07, 6.45) is 0. The largest absolute Gasteiger partial charge is 0.324 e. The van der Waals surface area contributed by atoms with E-state index < -0.39 is 0 Å². The molecule has 0 aliphatic heterocycles. The summed E-state index contributed by atoms with van der Waals surface area (Å²) >= 11 is 0. The summed E-state index contributed by atoms with van der Waals surface area (Å²) in [4.78, 5) is 13.7. The van der Waals surface area contributed by atoms with Crippen LogP contribution in [0.2, 0.25) is 0 Å². The highest BCUT2D eigenvalue weighted by Gasteiger charge is 2.23. The summed E-state index contributed by atoms with van der Waals surface area (Å²) in [5, 5.41) is 12.0. The van der Waals surface area contributed by atoms with E-state index in [0.717, 1.165) is 11.4 Å². The molecule has 0 saturated heterocycles. The first-order valence-corrected chi connectivity index (χ1v) is 8.94. The van der Waals surface area contributed by atoms with E-state index >= 15 is 0 Å². The monoisotopic (exact) mass is 350 g/mol.